The Morgan fingerprint density at radius 2 is 2.00 bits per heavy atom. The number of sulfone groups is 1. The highest BCUT2D eigenvalue weighted by Gasteiger charge is 2.33. The van der Waals surface area contributed by atoms with E-state index in [0.717, 1.165) is 0 Å². The largest absolute Gasteiger partial charge is 0.396 e. The Morgan fingerprint density at radius 1 is 1.42 bits per heavy atom. The molecule has 106 valence electrons. The fourth-order valence-electron chi connectivity index (χ4n) is 1.42. The van der Waals surface area contributed by atoms with Gasteiger partial charge >= 0.3 is 0 Å². The van der Waals surface area contributed by atoms with Crippen LogP contribution in [-0.2, 0) is 14.6 Å². The third kappa shape index (κ3) is 3.66. The minimum absolute atomic E-state index is 0.0397. The lowest BCUT2D eigenvalue weighted by atomic mass is 10.1. The van der Waals surface area contributed by atoms with Crippen molar-refractivity contribution >= 4 is 21.4 Å². The molecule has 1 unspecified atom stereocenters. The highest BCUT2D eigenvalue weighted by Crippen LogP contribution is 2.20. The smallest absolute Gasteiger partial charge is 0.238 e. The molecule has 7 heteroatoms. The molecule has 1 aromatic rings. The number of hydrogen-bond acceptors (Lipinski definition) is 5. The van der Waals surface area contributed by atoms with Crippen LogP contribution in [0.3, 0.4) is 0 Å². The minimum Gasteiger partial charge on any atom is -0.396 e. The molecule has 0 bridgehead atoms. The maximum absolute atomic E-state index is 12.3. The van der Waals surface area contributed by atoms with Crippen molar-refractivity contribution in [2.75, 3.05) is 5.73 Å². The van der Waals surface area contributed by atoms with Crippen molar-refractivity contribution in [3.63, 3.8) is 0 Å². The first-order chi connectivity index (χ1) is 8.55. The van der Waals surface area contributed by atoms with E-state index in [1.807, 2.05) is 0 Å². The van der Waals surface area contributed by atoms with Crippen molar-refractivity contribution < 1.29 is 13.2 Å². The van der Waals surface area contributed by atoms with E-state index >= 15 is 0 Å². The Kier molecular flexibility index (Phi) is 4.19. The molecule has 0 saturated carbocycles. The highest BCUT2D eigenvalue weighted by molar-refractivity contribution is 7.92. The van der Waals surface area contributed by atoms with Crippen LogP contribution in [0.25, 0.3) is 0 Å². The SMILES string of the molecule is CC(C(=O)NC(C)(C)C)S(=O)(=O)c1ncccc1N. The molecule has 0 saturated heterocycles. The lowest BCUT2D eigenvalue weighted by Gasteiger charge is -2.23. The van der Waals surface area contributed by atoms with Gasteiger partial charge in [-0.15, -0.1) is 0 Å². The molecule has 0 aromatic carbocycles. The molecule has 6 nitrogen and oxygen atoms in total. The predicted octanol–water partition coefficient (Wildman–Crippen LogP) is 0.741. The fourth-order valence-corrected chi connectivity index (χ4v) is 2.70. The molecule has 0 aliphatic heterocycles. The first-order valence-corrected chi connectivity index (χ1v) is 7.37. The van der Waals surface area contributed by atoms with Crippen molar-refractivity contribution in [3.05, 3.63) is 18.3 Å². The first kappa shape index (κ1) is 15.4. The Morgan fingerprint density at radius 3 is 2.47 bits per heavy atom. The van der Waals surface area contributed by atoms with Crippen LogP contribution in [0, 0.1) is 0 Å². The molecule has 0 radical (unpaired) electrons. The van der Waals surface area contributed by atoms with Gasteiger partial charge in [-0.05, 0) is 39.8 Å². The van der Waals surface area contributed by atoms with E-state index in [0.29, 0.717) is 0 Å². The Balaban J connectivity index is 3.08. The van der Waals surface area contributed by atoms with Crippen molar-refractivity contribution in [3.8, 4) is 0 Å². The van der Waals surface area contributed by atoms with E-state index in [1.165, 1.54) is 25.3 Å². The molecule has 0 spiro atoms. The minimum atomic E-state index is -3.89. The van der Waals surface area contributed by atoms with Crippen molar-refractivity contribution in [1.82, 2.24) is 10.3 Å². The van der Waals surface area contributed by atoms with E-state index in [2.05, 4.69) is 10.3 Å². The molecule has 0 fully saturated rings. The summed E-state index contributed by atoms with van der Waals surface area (Å²) in [4.78, 5) is 15.7. The topological polar surface area (TPSA) is 102 Å². The second-order valence-electron chi connectivity index (χ2n) is 5.32. The number of nitrogen functional groups attached to an aromatic ring is 1. The van der Waals surface area contributed by atoms with E-state index in [-0.39, 0.29) is 10.7 Å². The summed E-state index contributed by atoms with van der Waals surface area (Å²) in [5.74, 6) is -0.572. The number of rotatable bonds is 3. The summed E-state index contributed by atoms with van der Waals surface area (Å²) in [7, 11) is -3.89. The molecule has 19 heavy (non-hydrogen) atoms. The molecule has 1 aromatic heterocycles. The second-order valence-corrected chi connectivity index (χ2v) is 7.51. The molecule has 1 heterocycles. The molecule has 0 aliphatic carbocycles. The summed E-state index contributed by atoms with van der Waals surface area (Å²) < 4.78 is 24.6. The quantitative estimate of drug-likeness (QED) is 0.852. The predicted molar refractivity (Wildman–Crippen MR) is 73.2 cm³/mol. The van der Waals surface area contributed by atoms with Crippen LogP contribution in [0.1, 0.15) is 27.7 Å². The highest BCUT2D eigenvalue weighted by atomic mass is 32.2. The van der Waals surface area contributed by atoms with Gasteiger partial charge in [0.15, 0.2) is 5.03 Å². The van der Waals surface area contributed by atoms with Gasteiger partial charge in [-0.1, -0.05) is 0 Å². The van der Waals surface area contributed by atoms with Gasteiger partial charge in [0.25, 0.3) is 0 Å². The van der Waals surface area contributed by atoms with Crippen molar-refractivity contribution in [2.45, 2.75) is 43.5 Å². The van der Waals surface area contributed by atoms with E-state index in [9.17, 15) is 13.2 Å². The van der Waals surface area contributed by atoms with Crippen LogP contribution in [0.2, 0.25) is 0 Å². The monoisotopic (exact) mass is 285 g/mol. The van der Waals surface area contributed by atoms with Gasteiger partial charge in [-0.25, -0.2) is 13.4 Å². The number of nitrogens with two attached hydrogens (primary N) is 1. The Bertz CT molecular complexity index is 576. The lowest BCUT2D eigenvalue weighted by Crippen LogP contribution is -2.47. The average molecular weight is 285 g/mol. The molecule has 1 rings (SSSR count). The number of aromatic nitrogens is 1. The Labute approximate surface area is 113 Å². The van der Waals surface area contributed by atoms with E-state index in [4.69, 9.17) is 5.73 Å². The third-order valence-corrected chi connectivity index (χ3v) is 4.43. The van der Waals surface area contributed by atoms with Gasteiger partial charge in [-0.3, -0.25) is 4.79 Å². The van der Waals surface area contributed by atoms with Crippen LogP contribution in [0.15, 0.2) is 23.4 Å². The number of carbonyl (C=O) groups excluding carboxylic acids is 1. The first-order valence-electron chi connectivity index (χ1n) is 5.82. The number of carbonyl (C=O) groups is 1. The van der Waals surface area contributed by atoms with Gasteiger partial charge in [0.1, 0.15) is 5.25 Å². The summed E-state index contributed by atoms with van der Waals surface area (Å²) >= 11 is 0. The van der Waals surface area contributed by atoms with Crippen molar-refractivity contribution in [2.24, 2.45) is 0 Å². The fraction of sp³-hybridized carbons (Fsp3) is 0.500. The standard InChI is InChI=1S/C12H19N3O3S/c1-8(10(16)15-12(2,3)4)19(17,18)11-9(13)6-5-7-14-11/h5-8H,13H2,1-4H3,(H,15,16). The zero-order chi connectivity index (χ0) is 14.8. The summed E-state index contributed by atoms with van der Waals surface area (Å²) in [6.07, 6.45) is 1.33. The van der Waals surface area contributed by atoms with Crippen LogP contribution in [0.4, 0.5) is 5.69 Å². The van der Waals surface area contributed by atoms with E-state index in [1.54, 1.807) is 20.8 Å². The third-order valence-electron chi connectivity index (χ3n) is 2.40. The molecule has 1 amide bonds. The molecule has 3 N–H and O–H groups in total. The van der Waals surface area contributed by atoms with Gasteiger partial charge in [0, 0.05) is 11.7 Å². The zero-order valence-corrected chi connectivity index (χ0v) is 12.3. The summed E-state index contributed by atoms with van der Waals surface area (Å²) in [5.41, 5.74) is 5.13. The van der Waals surface area contributed by atoms with Crippen molar-refractivity contribution in [1.29, 1.82) is 0 Å². The van der Waals surface area contributed by atoms with Gasteiger partial charge in [-0.2, -0.15) is 0 Å². The van der Waals surface area contributed by atoms with Gasteiger partial charge < -0.3 is 11.1 Å². The summed E-state index contributed by atoms with van der Waals surface area (Å²) in [6, 6.07) is 2.97. The Hall–Kier alpha value is -1.63. The maximum atomic E-state index is 12.3. The second kappa shape index (κ2) is 5.16. The molecule has 0 aliphatic rings. The van der Waals surface area contributed by atoms with Gasteiger partial charge in [0.2, 0.25) is 15.7 Å². The number of nitrogens with zero attached hydrogens (tertiary/aromatic N) is 1. The number of hydrogen-bond donors (Lipinski definition) is 2. The number of amides is 1. The average Bonchev–Trinajstić information content (AvgIpc) is 2.26. The lowest BCUT2D eigenvalue weighted by molar-refractivity contribution is -0.121. The van der Waals surface area contributed by atoms with E-state index < -0.39 is 26.5 Å². The van der Waals surface area contributed by atoms with Crippen LogP contribution < -0.4 is 11.1 Å². The number of anilines is 1. The van der Waals surface area contributed by atoms with Crippen LogP contribution >= 0.6 is 0 Å². The van der Waals surface area contributed by atoms with Crippen LogP contribution in [0.5, 0.6) is 0 Å². The van der Waals surface area contributed by atoms with Crippen LogP contribution in [-0.4, -0.2) is 30.1 Å². The molecular formula is C12H19N3O3S. The summed E-state index contributed by atoms with van der Waals surface area (Å²) in [5, 5.41) is 1.12. The van der Waals surface area contributed by atoms with Gasteiger partial charge in [0.05, 0.1) is 5.69 Å². The zero-order valence-electron chi connectivity index (χ0n) is 11.5. The summed E-state index contributed by atoms with van der Waals surface area (Å²) in [6.45, 7) is 6.66. The normalized spacial score (nSPS) is 13.9. The number of nitrogens with one attached hydrogen (secondary N) is 1. The maximum Gasteiger partial charge on any atom is 0.238 e. The number of pyridine rings is 1. The molecular weight excluding hydrogens is 266 g/mol. The molecule has 1 atom stereocenters.